The van der Waals surface area contributed by atoms with Gasteiger partial charge in [-0.05, 0) is 31.8 Å². The second-order valence-corrected chi connectivity index (χ2v) is 5.59. The van der Waals surface area contributed by atoms with Crippen molar-refractivity contribution in [1.82, 2.24) is 10.2 Å². The molecule has 1 rings (SSSR count). The van der Waals surface area contributed by atoms with Crippen molar-refractivity contribution in [1.29, 1.82) is 0 Å². The largest absolute Gasteiger partial charge is 0.401 e. The van der Waals surface area contributed by atoms with Crippen LogP contribution in [0.5, 0.6) is 0 Å². The summed E-state index contributed by atoms with van der Waals surface area (Å²) < 4.78 is 36.2. The Balaban J connectivity index is 2.20. The Labute approximate surface area is 95.2 Å². The van der Waals surface area contributed by atoms with Crippen LogP contribution in [0, 0.1) is 5.41 Å². The first-order valence-electron chi connectivity index (χ1n) is 5.67. The quantitative estimate of drug-likeness (QED) is 0.808. The minimum absolute atomic E-state index is 0.285. The first kappa shape index (κ1) is 13.8. The molecule has 2 nitrogen and oxygen atoms in total. The first-order valence-corrected chi connectivity index (χ1v) is 5.67. The van der Waals surface area contributed by atoms with Crippen molar-refractivity contribution in [2.45, 2.75) is 38.9 Å². The third kappa shape index (κ3) is 5.16. The first-order chi connectivity index (χ1) is 7.18. The highest BCUT2D eigenvalue weighted by Crippen LogP contribution is 2.28. The highest BCUT2D eigenvalue weighted by molar-refractivity contribution is 4.87. The molecular weight excluding hydrogens is 217 g/mol. The minimum atomic E-state index is -4.09. The van der Waals surface area contributed by atoms with Gasteiger partial charge in [-0.2, -0.15) is 13.2 Å². The van der Waals surface area contributed by atoms with E-state index in [2.05, 4.69) is 19.2 Å². The lowest BCUT2D eigenvalue weighted by Crippen LogP contribution is -2.34. The molecular formula is C11H21F3N2. The third-order valence-corrected chi connectivity index (χ3v) is 2.98. The van der Waals surface area contributed by atoms with Gasteiger partial charge >= 0.3 is 6.18 Å². The van der Waals surface area contributed by atoms with E-state index < -0.39 is 12.7 Å². The zero-order valence-electron chi connectivity index (χ0n) is 10.2. The average Bonchev–Trinajstić information content (AvgIpc) is 2.39. The second-order valence-electron chi connectivity index (χ2n) is 5.59. The summed E-state index contributed by atoms with van der Waals surface area (Å²) in [6.45, 7) is 5.00. The fourth-order valence-corrected chi connectivity index (χ4v) is 2.20. The maximum Gasteiger partial charge on any atom is 0.401 e. The van der Waals surface area contributed by atoms with E-state index in [0.29, 0.717) is 12.6 Å². The molecule has 0 aromatic rings. The molecule has 1 aliphatic rings. The van der Waals surface area contributed by atoms with E-state index in [9.17, 15) is 13.2 Å². The van der Waals surface area contributed by atoms with Gasteiger partial charge in [0.25, 0.3) is 0 Å². The van der Waals surface area contributed by atoms with E-state index in [1.165, 1.54) is 11.9 Å². The lowest BCUT2D eigenvalue weighted by Gasteiger charge is -2.21. The van der Waals surface area contributed by atoms with Crippen LogP contribution in [0.15, 0.2) is 0 Å². The van der Waals surface area contributed by atoms with Crippen LogP contribution in [0.4, 0.5) is 13.2 Å². The zero-order valence-corrected chi connectivity index (χ0v) is 10.2. The molecule has 16 heavy (non-hydrogen) atoms. The standard InChI is InChI=1S/C11H21F3N2/c1-10(2)6-9(15-7-10)4-5-16(3)8-11(12,13)14/h9,15H,4-8H2,1-3H3. The van der Waals surface area contributed by atoms with Crippen LogP contribution in [0.2, 0.25) is 0 Å². The maximum absolute atomic E-state index is 12.1. The van der Waals surface area contributed by atoms with Gasteiger partial charge in [0.05, 0.1) is 6.54 Å². The lowest BCUT2D eigenvalue weighted by atomic mass is 9.90. The van der Waals surface area contributed by atoms with Gasteiger partial charge in [-0.1, -0.05) is 13.8 Å². The van der Waals surface area contributed by atoms with Crippen LogP contribution < -0.4 is 5.32 Å². The SMILES string of the molecule is CN(CCC1CC(C)(C)CN1)CC(F)(F)F. The molecule has 0 aromatic heterocycles. The number of hydrogen-bond acceptors (Lipinski definition) is 2. The van der Waals surface area contributed by atoms with Crippen molar-refractivity contribution < 1.29 is 13.2 Å². The zero-order chi connectivity index (χ0) is 12.4. The average molecular weight is 238 g/mol. The minimum Gasteiger partial charge on any atom is -0.313 e. The van der Waals surface area contributed by atoms with Gasteiger partial charge in [0, 0.05) is 12.6 Å². The Morgan fingerprint density at radius 2 is 2.00 bits per heavy atom. The lowest BCUT2D eigenvalue weighted by molar-refractivity contribution is -0.143. The Hall–Kier alpha value is -0.290. The fraction of sp³-hybridized carbons (Fsp3) is 1.00. The summed E-state index contributed by atoms with van der Waals surface area (Å²) in [7, 11) is 1.52. The Bertz CT molecular complexity index is 226. The summed E-state index contributed by atoms with van der Waals surface area (Å²) in [6.07, 6.45) is -2.25. The van der Waals surface area contributed by atoms with Gasteiger partial charge in [0.2, 0.25) is 0 Å². The molecule has 5 heteroatoms. The third-order valence-electron chi connectivity index (χ3n) is 2.98. The number of nitrogens with one attached hydrogen (secondary N) is 1. The molecule has 0 amide bonds. The smallest absolute Gasteiger partial charge is 0.313 e. The van der Waals surface area contributed by atoms with Gasteiger partial charge in [-0.25, -0.2) is 0 Å². The van der Waals surface area contributed by atoms with Crippen molar-refractivity contribution in [3.63, 3.8) is 0 Å². The Morgan fingerprint density at radius 1 is 1.38 bits per heavy atom. The summed E-state index contributed by atoms with van der Waals surface area (Å²) in [5.41, 5.74) is 0.285. The van der Waals surface area contributed by atoms with E-state index in [1.54, 1.807) is 0 Å². The second kappa shape index (κ2) is 4.92. The molecule has 1 heterocycles. The summed E-state index contributed by atoms with van der Waals surface area (Å²) >= 11 is 0. The monoisotopic (exact) mass is 238 g/mol. The number of nitrogens with zero attached hydrogens (tertiary/aromatic N) is 1. The summed E-state index contributed by atoms with van der Waals surface area (Å²) in [5.74, 6) is 0. The van der Waals surface area contributed by atoms with Crippen LogP contribution in [-0.2, 0) is 0 Å². The van der Waals surface area contributed by atoms with Gasteiger partial charge in [0.1, 0.15) is 0 Å². The molecule has 96 valence electrons. The van der Waals surface area contributed by atoms with Gasteiger partial charge in [-0.3, -0.25) is 4.90 Å². The summed E-state index contributed by atoms with van der Waals surface area (Å²) in [6, 6.07) is 0.366. The number of halogens is 3. The molecule has 1 fully saturated rings. The van der Waals surface area contributed by atoms with E-state index >= 15 is 0 Å². The predicted octanol–water partition coefficient (Wildman–Crippen LogP) is 2.26. The van der Waals surface area contributed by atoms with E-state index in [-0.39, 0.29) is 5.41 Å². The molecule has 0 saturated carbocycles. The van der Waals surface area contributed by atoms with Crippen molar-refractivity contribution in [3.05, 3.63) is 0 Å². The van der Waals surface area contributed by atoms with Crippen molar-refractivity contribution in [2.24, 2.45) is 5.41 Å². The molecule has 0 radical (unpaired) electrons. The fourth-order valence-electron chi connectivity index (χ4n) is 2.20. The normalized spacial score (nSPS) is 25.3. The highest BCUT2D eigenvalue weighted by atomic mass is 19.4. The topological polar surface area (TPSA) is 15.3 Å². The predicted molar refractivity (Wildman–Crippen MR) is 58.4 cm³/mol. The van der Waals surface area contributed by atoms with E-state index in [1.807, 2.05) is 0 Å². The molecule has 1 atom stereocenters. The highest BCUT2D eigenvalue weighted by Gasteiger charge is 2.32. The Morgan fingerprint density at radius 3 is 2.44 bits per heavy atom. The number of alkyl halides is 3. The van der Waals surface area contributed by atoms with Crippen LogP contribution in [0.3, 0.4) is 0 Å². The van der Waals surface area contributed by atoms with Crippen LogP contribution in [-0.4, -0.2) is 43.8 Å². The molecule has 0 aromatic carbocycles. The van der Waals surface area contributed by atoms with Crippen molar-refractivity contribution >= 4 is 0 Å². The summed E-state index contributed by atoms with van der Waals surface area (Å²) in [5, 5.41) is 3.36. The number of rotatable bonds is 4. The molecule has 0 bridgehead atoms. The van der Waals surface area contributed by atoms with E-state index in [0.717, 1.165) is 19.4 Å². The molecule has 1 N–H and O–H groups in total. The van der Waals surface area contributed by atoms with Gasteiger partial charge in [-0.15, -0.1) is 0 Å². The molecule has 1 saturated heterocycles. The van der Waals surface area contributed by atoms with Gasteiger partial charge < -0.3 is 5.32 Å². The van der Waals surface area contributed by atoms with Crippen LogP contribution >= 0.6 is 0 Å². The molecule has 0 spiro atoms. The Kier molecular flexibility index (Phi) is 4.23. The number of hydrogen-bond donors (Lipinski definition) is 1. The van der Waals surface area contributed by atoms with Gasteiger partial charge in [0.15, 0.2) is 0 Å². The van der Waals surface area contributed by atoms with E-state index in [4.69, 9.17) is 0 Å². The maximum atomic E-state index is 12.1. The molecule has 0 aliphatic carbocycles. The summed E-state index contributed by atoms with van der Waals surface area (Å²) in [4.78, 5) is 1.34. The molecule has 1 aliphatic heterocycles. The molecule has 1 unspecified atom stereocenters. The van der Waals surface area contributed by atoms with Crippen LogP contribution in [0.1, 0.15) is 26.7 Å². The van der Waals surface area contributed by atoms with Crippen molar-refractivity contribution in [2.75, 3.05) is 26.7 Å². The van der Waals surface area contributed by atoms with Crippen molar-refractivity contribution in [3.8, 4) is 0 Å². The van der Waals surface area contributed by atoms with Crippen LogP contribution in [0.25, 0.3) is 0 Å².